The van der Waals surface area contributed by atoms with Gasteiger partial charge in [-0.1, -0.05) is 91.0 Å². The highest BCUT2D eigenvalue weighted by atomic mass is 31.1. The molecule has 0 radical (unpaired) electrons. The summed E-state index contributed by atoms with van der Waals surface area (Å²) in [5.74, 6) is 0. The lowest BCUT2D eigenvalue weighted by Gasteiger charge is -2.25. The molecule has 0 aliphatic carbocycles. The van der Waals surface area contributed by atoms with Crippen LogP contribution in [-0.2, 0) is 0 Å². The molecule has 0 aromatic heterocycles. The Bertz CT molecular complexity index is 756. The number of rotatable bonds is 5. The van der Waals surface area contributed by atoms with Crippen molar-refractivity contribution in [1.82, 2.24) is 5.32 Å². The molecule has 0 bridgehead atoms. The molecule has 0 heterocycles. The zero-order valence-electron chi connectivity index (χ0n) is 14.1. The van der Waals surface area contributed by atoms with Crippen molar-refractivity contribution >= 4 is 23.8 Å². The maximum atomic E-state index is 3.38. The Morgan fingerprint density at radius 1 is 0.667 bits per heavy atom. The largest absolute Gasteiger partial charge is 0.391 e. The first-order valence-corrected chi connectivity index (χ1v) is 9.49. The second-order valence-electron chi connectivity index (χ2n) is 5.60. The first kappa shape index (κ1) is 16.5. The van der Waals surface area contributed by atoms with Crippen LogP contribution >= 0.6 is 7.92 Å². The van der Waals surface area contributed by atoms with Crippen LogP contribution in [0.1, 0.15) is 12.5 Å². The highest BCUT2D eigenvalue weighted by Crippen LogP contribution is 2.49. The molecule has 3 aromatic rings. The molecule has 1 N–H and O–H groups in total. The summed E-state index contributed by atoms with van der Waals surface area (Å²) in [6.45, 7) is 2.17. The van der Waals surface area contributed by atoms with E-state index in [9.17, 15) is 0 Å². The standard InChI is InChI=1S/C22H22NP/c1-18(23-2)22(19-12-6-3-7-13-19)24(20-14-8-4-9-15-20)21-16-10-5-11-17-21/h3-17,23H,1-2H3. The lowest BCUT2D eigenvalue weighted by atomic mass is 10.2. The zero-order valence-corrected chi connectivity index (χ0v) is 15.0. The molecule has 0 saturated carbocycles. The third-order valence-electron chi connectivity index (χ3n) is 4.03. The highest BCUT2D eigenvalue weighted by molar-refractivity contribution is 7.82. The van der Waals surface area contributed by atoms with E-state index in [1.54, 1.807) is 0 Å². The third-order valence-corrected chi connectivity index (χ3v) is 6.70. The number of hydrogen-bond donors (Lipinski definition) is 1. The number of hydrogen-bond acceptors (Lipinski definition) is 1. The Balaban J connectivity index is 2.23. The fraction of sp³-hybridized carbons (Fsp3) is 0.0909. The molecule has 0 aliphatic heterocycles. The van der Waals surface area contributed by atoms with E-state index in [-0.39, 0.29) is 0 Å². The number of benzene rings is 3. The predicted octanol–water partition coefficient (Wildman–Crippen LogP) is 4.73. The second kappa shape index (κ2) is 7.95. The third kappa shape index (κ3) is 3.58. The van der Waals surface area contributed by atoms with Crippen LogP contribution < -0.4 is 15.9 Å². The molecular formula is C22H22NP. The minimum Gasteiger partial charge on any atom is -0.391 e. The topological polar surface area (TPSA) is 12.0 Å². The van der Waals surface area contributed by atoms with Crippen molar-refractivity contribution in [3.8, 4) is 0 Å². The Hall–Kier alpha value is -2.37. The van der Waals surface area contributed by atoms with Crippen LogP contribution in [0.2, 0.25) is 0 Å². The van der Waals surface area contributed by atoms with Crippen molar-refractivity contribution in [2.24, 2.45) is 0 Å². The van der Waals surface area contributed by atoms with E-state index in [2.05, 4.69) is 103 Å². The number of allylic oxidation sites excluding steroid dienone is 1. The Morgan fingerprint density at radius 3 is 1.50 bits per heavy atom. The molecule has 120 valence electrons. The summed E-state index contributed by atoms with van der Waals surface area (Å²) in [6.07, 6.45) is 0. The molecule has 0 aliphatic rings. The number of nitrogens with one attached hydrogen (secondary N) is 1. The van der Waals surface area contributed by atoms with E-state index in [0.717, 1.165) is 0 Å². The molecule has 0 fully saturated rings. The molecule has 0 amide bonds. The van der Waals surface area contributed by atoms with Gasteiger partial charge in [-0.15, -0.1) is 0 Å². The minimum atomic E-state index is -0.619. The van der Waals surface area contributed by atoms with Crippen LogP contribution in [0.3, 0.4) is 0 Å². The van der Waals surface area contributed by atoms with Crippen molar-refractivity contribution in [3.05, 3.63) is 102 Å². The average molecular weight is 331 g/mol. The molecule has 0 unspecified atom stereocenters. The van der Waals surface area contributed by atoms with Crippen molar-refractivity contribution < 1.29 is 0 Å². The lowest BCUT2D eigenvalue weighted by molar-refractivity contribution is 0.999. The van der Waals surface area contributed by atoms with Gasteiger partial charge in [-0.2, -0.15) is 0 Å². The molecule has 1 nitrogen and oxygen atoms in total. The van der Waals surface area contributed by atoms with Gasteiger partial charge >= 0.3 is 0 Å². The second-order valence-corrected chi connectivity index (χ2v) is 7.75. The van der Waals surface area contributed by atoms with Gasteiger partial charge in [-0.05, 0) is 31.0 Å². The molecule has 0 saturated heterocycles. The van der Waals surface area contributed by atoms with Crippen LogP contribution in [0, 0.1) is 0 Å². The van der Waals surface area contributed by atoms with Crippen LogP contribution in [-0.4, -0.2) is 7.05 Å². The average Bonchev–Trinajstić information content (AvgIpc) is 2.67. The smallest absolute Gasteiger partial charge is 0.0163 e. The zero-order chi connectivity index (χ0) is 16.8. The van der Waals surface area contributed by atoms with Gasteiger partial charge in [0.2, 0.25) is 0 Å². The molecule has 3 rings (SSSR count). The van der Waals surface area contributed by atoms with Gasteiger partial charge < -0.3 is 5.32 Å². The summed E-state index contributed by atoms with van der Waals surface area (Å²) in [4.78, 5) is 0. The summed E-state index contributed by atoms with van der Waals surface area (Å²) >= 11 is 0. The van der Waals surface area contributed by atoms with Crippen LogP contribution in [0.15, 0.2) is 96.7 Å². The van der Waals surface area contributed by atoms with Gasteiger partial charge in [0.15, 0.2) is 0 Å². The minimum absolute atomic E-state index is 0.619. The van der Waals surface area contributed by atoms with E-state index >= 15 is 0 Å². The Morgan fingerprint density at radius 2 is 1.08 bits per heavy atom. The van der Waals surface area contributed by atoms with Crippen LogP contribution in [0.4, 0.5) is 0 Å². The van der Waals surface area contributed by atoms with Gasteiger partial charge in [-0.3, -0.25) is 0 Å². The quantitative estimate of drug-likeness (QED) is 0.667. The lowest BCUT2D eigenvalue weighted by Crippen LogP contribution is -2.16. The summed E-state index contributed by atoms with van der Waals surface area (Å²) in [5.41, 5.74) is 2.50. The summed E-state index contributed by atoms with van der Waals surface area (Å²) in [5, 5.41) is 7.49. The first-order chi connectivity index (χ1) is 11.8. The van der Waals surface area contributed by atoms with Crippen molar-refractivity contribution in [3.63, 3.8) is 0 Å². The van der Waals surface area contributed by atoms with Crippen molar-refractivity contribution in [2.45, 2.75) is 6.92 Å². The maximum absolute atomic E-state index is 3.38. The maximum Gasteiger partial charge on any atom is 0.0163 e. The molecule has 3 aromatic carbocycles. The SMILES string of the molecule is CNC(C)=C(c1ccccc1)P(c1ccccc1)c1ccccc1. The molecule has 24 heavy (non-hydrogen) atoms. The summed E-state index contributed by atoms with van der Waals surface area (Å²) < 4.78 is 0. The van der Waals surface area contributed by atoms with E-state index in [1.165, 1.54) is 27.2 Å². The van der Waals surface area contributed by atoms with Gasteiger partial charge in [0, 0.05) is 18.1 Å². The van der Waals surface area contributed by atoms with Gasteiger partial charge in [-0.25, -0.2) is 0 Å². The van der Waals surface area contributed by atoms with Crippen LogP contribution in [0.25, 0.3) is 5.31 Å². The van der Waals surface area contributed by atoms with Crippen molar-refractivity contribution in [2.75, 3.05) is 7.05 Å². The summed E-state index contributed by atoms with van der Waals surface area (Å²) in [7, 11) is 1.38. The molecule has 0 spiro atoms. The Labute approximate surface area is 145 Å². The molecular weight excluding hydrogens is 309 g/mol. The highest BCUT2D eigenvalue weighted by Gasteiger charge is 2.21. The molecule has 0 atom stereocenters. The fourth-order valence-electron chi connectivity index (χ4n) is 2.79. The summed E-state index contributed by atoms with van der Waals surface area (Å²) in [6, 6.07) is 32.4. The Kier molecular flexibility index (Phi) is 5.46. The normalized spacial score (nSPS) is 12.0. The fourth-order valence-corrected chi connectivity index (χ4v) is 5.40. The van der Waals surface area contributed by atoms with E-state index < -0.39 is 7.92 Å². The van der Waals surface area contributed by atoms with E-state index in [0.29, 0.717) is 0 Å². The monoisotopic (exact) mass is 331 g/mol. The van der Waals surface area contributed by atoms with Gasteiger partial charge in [0.1, 0.15) is 0 Å². The first-order valence-electron chi connectivity index (χ1n) is 8.15. The van der Waals surface area contributed by atoms with Gasteiger partial charge in [0.05, 0.1) is 0 Å². The molecule has 2 heteroatoms. The predicted molar refractivity (Wildman–Crippen MR) is 107 cm³/mol. The van der Waals surface area contributed by atoms with Crippen LogP contribution in [0.5, 0.6) is 0 Å². The van der Waals surface area contributed by atoms with E-state index in [4.69, 9.17) is 0 Å². The van der Waals surface area contributed by atoms with Gasteiger partial charge in [0.25, 0.3) is 0 Å². The van der Waals surface area contributed by atoms with E-state index in [1.807, 2.05) is 7.05 Å². The van der Waals surface area contributed by atoms with Crippen molar-refractivity contribution in [1.29, 1.82) is 0 Å².